The highest BCUT2D eigenvalue weighted by Crippen LogP contribution is 2.18. The third-order valence-electron chi connectivity index (χ3n) is 1.47. The van der Waals surface area contributed by atoms with E-state index < -0.39 is 0 Å². The van der Waals surface area contributed by atoms with Crippen molar-refractivity contribution in [1.82, 2.24) is 5.32 Å². The summed E-state index contributed by atoms with van der Waals surface area (Å²) in [5.41, 5.74) is 1.63. The zero-order chi connectivity index (χ0) is 6.97. The minimum atomic E-state index is 0.105. The Balaban J connectivity index is 2.36. The molecule has 49 valence electrons. The first kappa shape index (κ1) is 5.41. The second kappa shape index (κ2) is 1.80. The molecule has 2 aliphatic rings. The summed E-state index contributed by atoms with van der Waals surface area (Å²) in [6.45, 7) is 0. The van der Waals surface area contributed by atoms with Gasteiger partial charge in [-0.25, -0.2) is 10.3 Å². The molecule has 3 heteroatoms. The van der Waals surface area contributed by atoms with Crippen LogP contribution in [0.3, 0.4) is 0 Å². The summed E-state index contributed by atoms with van der Waals surface area (Å²) in [7, 11) is 0. The first-order chi connectivity index (χ1) is 4.86. The van der Waals surface area contributed by atoms with Crippen molar-refractivity contribution in [2.24, 2.45) is 4.99 Å². The van der Waals surface area contributed by atoms with Gasteiger partial charge in [-0.3, -0.25) is 4.79 Å². The summed E-state index contributed by atoms with van der Waals surface area (Å²) in [5.74, 6) is 0.105. The highest BCUT2D eigenvalue weighted by molar-refractivity contribution is 5.94. The fraction of sp³-hybridized carbons (Fsp3) is 0.143. The Bertz CT molecular complexity index is 273. The predicted octanol–water partition coefficient (Wildman–Crippen LogP) is 0.373. The molecule has 0 aromatic carbocycles. The molecule has 1 radical (unpaired) electrons. The average molecular weight is 133 g/mol. The van der Waals surface area contributed by atoms with Gasteiger partial charge in [-0.2, -0.15) is 0 Å². The molecule has 1 aliphatic heterocycles. The summed E-state index contributed by atoms with van der Waals surface area (Å²) in [4.78, 5) is 14.7. The van der Waals surface area contributed by atoms with Gasteiger partial charge in [-0.15, -0.1) is 0 Å². The van der Waals surface area contributed by atoms with Crippen molar-refractivity contribution in [3.05, 3.63) is 23.5 Å². The SMILES string of the molecule is O=C1C=CC2=C(C1)[N]C=N2. The normalized spacial score (nSPS) is 21.4. The van der Waals surface area contributed by atoms with Crippen LogP contribution in [0.2, 0.25) is 0 Å². The number of carbonyl (C=O) groups excluding carboxylic acids is 1. The molecule has 0 unspecified atom stereocenters. The van der Waals surface area contributed by atoms with Crippen LogP contribution in [-0.4, -0.2) is 12.1 Å². The Kier molecular flexibility index (Phi) is 0.974. The Hall–Kier alpha value is -1.38. The van der Waals surface area contributed by atoms with Crippen LogP contribution in [0.5, 0.6) is 0 Å². The van der Waals surface area contributed by atoms with E-state index in [1.165, 1.54) is 12.4 Å². The van der Waals surface area contributed by atoms with Crippen LogP contribution >= 0.6 is 0 Å². The van der Waals surface area contributed by atoms with Gasteiger partial charge in [0, 0.05) is 0 Å². The number of nitrogens with zero attached hydrogens (tertiary/aromatic N) is 2. The Labute approximate surface area is 58.1 Å². The summed E-state index contributed by atoms with van der Waals surface area (Å²) < 4.78 is 0. The number of hydrogen-bond donors (Lipinski definition) is 0. The van der Waals surface area contributed by atoms with Gasteiger partial charge in [0.15, 0.2) is 5.78 Å². The molecule has 0 fully saturated rings. The lowest BCUT2D eigenvalue weighted by Crippen LogP contribution is -2.06. The van der Waals surface area contributed by atoms with Gasteiger partial charge in [0.1, 0.15) is 6.34 Å². The van der Waals surface area contributed by atoms with E-state index in [1.807, 2.05) is 0 Å². The van der Waals surface area contributed by atoms with Crippen LogP contribution in [0.15, 0.2) is 28.5 Å². The second-order valence-electron chi connectivity index (χ2n) is 2.18. The molecule has 0 N–H and O–H groups in total. The van der Waals surface area contributed by atoms with Crippen LogP contribution in [0.4, 0.5) is 0 Å². The third-order valence-corrected chi connectivity index (χ3v) is 1.47. The Morgan fingerprint density at radius 3 is 3.20 bits per heavy atom. The smallest absolute Gasteiger partial charge is 0.161 e. The molecule has 0 bridgehead atoms. The molecule has 2 rings (SSSR count). The zero-order valence-corrected chi connectivity index (χ0v) is 5.24. The lowest BCUT2D eigenvalue weighted by molar-refractivity contribution is -0.114. The summed E-state index contributed by atoms with van der Waals surface area (Å²) >= 11 is 0. The zero-order valence-electron chi connectivity index (χ0n) is 5.24. The van der Waals surface area contributed by atoms with Crippen LogP contribution in [-0.2, 0) is 4.79 Å². The summed E-state index contributed by atoms with van der Waals surface area (Å²) in [5, 5.41) is 3.92. The number of carbonyl (C=O) groups is 1. The minimum Gasteiger partial charge on any atom is -0.294 e. The van der Waals surface area contributed by atoms with Crippen LogP contribution in [0.25, 0.3) is 0 Å². The van der Waals surface area contributed by atoms with Crippen LogP contribution < -0.4 is 5.32 Å². The highest BCUT2D eigenvalue weighted by Gasteiger charge is 2.16. The molecular formula is C7H5N2O. The quantitative estimate of drug-likeness (QED) is 0.471. The molecular weight excluding hydrogens is 128 g/mol. The maximum Gasteiger partial charge on any atom is 0.161 e. The highest BCUT2D eigenvalue weighted by atomic mass is 16.1. The maximum absolute atomic E-state index is 10.8. The number of aliphatic imine (C=N–C) groups is 1. The number of rotatable bonds is 0. The molecule has 0 atom stereocenters. The lowest BCUT2D eigenvalue weighted by atomic mass is 10.1. The first-order valence-corrected chi connectivity index (χ1v) is 3.04. The molecule has 0 amide bonds. The van der Waals surface area contributed by atoms with Crippen molar-refractivity contribution < 1.29 is 4.79 Å². The molecule has 1 heterocycles. The van der Waals surface area contributed by atoms with Crippen LogP contribution in [0, 0.1) is 0 Å². The summed E-state index contributed by atoms with van der Waals surface area (Å²) in [6, 6.07) is 0. The molecule has 3 nitrogen and oxygen atoms in total. The van der Waals surface area contributed by atoms with Crippen molar-refractivity contribution in [1.29, 1.82) is 0 Å². The Morgan fingerprint density at radius 1 is 1.40 bits per heavy atom. The first-order valence-electron chi connectivity index (χ1n) is 3.04. The van der Waals surface area contributed by atoms with E-state index in [-0.39, 0.29) is 5.78 Å². The average Bonchev–Trinajstić information content (AvgIpc) is 2.33. The van der Waals surface area contributed by atoms with E-state index in [4.69, 9.17) is 0 Å². The number of ketones is 1. The second-order valence-corrected chi connectivity index (χ2v) is 2.18. The van der Waals surface area contributed by atoms with Crippen molar-refractivity contribution in [3.8, 4) is 0 Å². The fourth-order valence-corrected chi connectivity index (χ4v) is 0.973. The van der Waals surface area contributed by atoms with E-state index in [1.54, 1.807) is 6.08 Å². The van der Waals surface area contributed by atoms with E-state index in [0.29, 0.717) is 6.42 Å². The molecule has 0 aromatic heterocycles. The van der Waals surface area contributed by atoms with E-state index in [0.717, 1.165) is 11.4 Å². The third kappa shape index (κ3) is 0.673. The monoisotopic (exact) mass is 133 g/mol. The van der Waals surface area contributed by atoms with Crippen molar-refractivity contribution >= 4 is 12.1 Å². The van der Waals surface area contributed by atoms with E-state index in [9.17, 15) is 4.79 Å². The number of allylic oxidation sites excluding steroid dienone is 3. The largest absolute Gasteiger partial charge is 0.294 e. The molecule has 10 heavy (non-hydrogen) atoms. The predicted molar refractivity (Wildman–Crippen MR) is 36.4 cm³/mol. The van der Waals surface area contributed by atoms with Crippen LogP contribution in [0.1, 0.15) is 6.42 Å². The topological polar surface area (TPSA) is 43.5 Å². The fourth-order valence-electron chi connectivity index (χ4n) is 0.973. The van der Waals surface area contributed by atoms with Gasteiger partial charge in [0.2, 0.25) is 0 Å². The lowest BCUT2D eigenvalue weighted by Gasteiger charge is -2.02. The number of hydrogen-bond acceptors (Lipinski definition) is 2. The molecule has 0 saturated carbocycles. The molecule has 1 aliphatic carbocycles. The van der Waals surface area contributed by atoms with Gasteiger partial charge in [-0.05, 0) is 12.2 Å². The molecule has 0 saturated heterocycles. The summed E-state index contributed by atoms with van der Waals surface area (Å²) in [6.07, 6.45) is 5.13. The maximum atomic E-state index is 10.8. The standard InChI is InChI=1S/C7H5N2O/c10-5-1-2-6-7(3-5)9-4-8-6/h1-2,4H,3H2. The van der Waals surface area contributed by atoms with Crippen molar-refractivity contribution in [2.75, 3.05) is 0 Å². The van der Waals surface area contributed by atoms with Crippen molar-refractivity contribution in [2.45, 2.75) is 6.42 Å². The van der Waals surface area contributed by atoms with Gasteiger partial charge in [-0.1, -0.05) is 0 Å². The van der Waals surface area contributed by atoms with Gasteiger partial charge >= 0.3 is 0 Å². The van der Waals surface area contributed by atoms with Gasteiger partial charge in [0.05, 0.1) is 17.8 Å². The van der Waals surface area contributed by atoms with E-state index >= 15 is 0 Å². The van der Waals surface area contributed by atoms with Gasteiger partial charge < -0.3 is 0 Å². The minimum absolute atomic E-state index is 0.105. The molecule has 0 aromatic rings. The molecule has 0 spiro atoms. The Morgan fingerprint density at radius 2 is 2.30 bits per heavy atom. The van der Waals surface area contributed by atoms with Gasteiger partial charge in [0.25, 0.3) is 0 Å². The van der Waals surface area contributed by atoms with Crippen molar-refractivity contribution in [3.63, 3.8) is 0 Å². The van der Waals surface area contributed by atoms with E-state index in [2.05, 4.69) is 10.3 Å².